The second-order valence-electron chi connectivity index (χ2n) is 7.37. The quantitative estimate of drug-likeness (QED) is 0.601. The number of ether oxygens (including phenoxy) is 2. The number of nitrogens with zero attached hydrogens (tertiary/aromatic N) is 1. The van der Waals surface area contributed by atoms with E-state index in [-0.39, 0.29) is 6.54 Å². The molecular formula is C23H32N2O5S. The molecule has 8 heteroatoms. The monoisotopic (exact) mass is 448 g/mol. The molecular weight excluding hydrogens is 416 g/mol. The van der Waals surface area contributed by atoms with E-state index in [1.54, 1.807) is 25.1 Å². The van der Waals surface area contributed by atoms with Crippen molar-refractivity contribution in [3.8, 4) is 11.5 Å². The van der Waals surface area contributed by atoms with Crippen molar-refractivity contribution < 1.29 is 22.7 Å². The molecule has 0 unspecified atom stereocenters. The average Bonchev–Trinajstić information content (AvgIpc) is 2.70. The fraction of sp³-hybridized carbons (Fsp3) is 0.435. The highest BCUT2D eigenvalue weighted by Crippen LogP contribution is 2.29. The van der Waals surface area contributed by atoms with Gasteiger partial charge in [0.05, 0.1) is 25.2 Å². The van der Waals surface area contributed by atoms with Crippen LogP contribution in [0.1, 0.15) is 37.5 Å². The summed E-state index contributed by atoms with van der Waals surface area (Å²) in [6.45, 7) is 10.5. The number of anilines is 1. The van der Waals surface area contributed by atoms with Gasteiger partial charge in [-0.25, -0.2) is 8.42 Å². The van der Waals surface area contributed by atoms with Crippen LogP contribution in [-0.2, 0) is 21.4 Å². The van der Waals surface area contributed by atoms with Gasteiger partial charge in [0.2, 0.25) is 15.9 Å². The lowest BCUT2D eigenvalue weighted by atomic mass is 10.1. The molecule has 0 aliphatic carbocycles. The molecule has 0 aromatic heterocycles. The number of hydrogen-bond acceptors (Lipinski definition) is 5. The smallest absolute Gasteiger partial charge is 0.243 e. The minimum Gasteiger partial charge on any atom is -0.490 e. The third kappa shape index (κ3) is 6.37. The molecule has 0 aliphatic heterocycles. The third-order valence-electron chi connectivity index (χ3n) is 4.91. The number of sulfonamides is 1. The molecule has 0 spiro atoms. The van der Waals surface area contributed by atoms with Crippen molar-refractivity contribution in [3.63, 3.8) is 0 Å². The van der Waals surface area contributed by atoms with E-state index >= 15 is 0 Å². The molecule has 7 nitrogen and oxygen atoms in total. The first kappa shape index (κ1) is 24.5. The SMILES string of the molecule is CCOc1ccc(CNC(=O)[C@@H](C)N(c2ccc(C)c(C)c2)S(C)(=O)=O)cc1OCC. The van der Waals surface area contributed by atoms with Crippen LogP contribution in [0, 0.1) is 13.8 Å². The van der Waals surface area contributed by atoms with Gasteiger partial charge in [-0.2, -0.15) is 0 Å². The van der Waals surface area contributed by atoms with E-state index in [1.807, 2.05) is 45.9 Å². The fourth-order valence-corrected chi connectivity index (χ4v) is 4.38. The minimum absolute atomic E-state index is 0.236. The second-order valence-corrected chi connectivity index (χ2v) is 9.23. The summed E-state index contributed by atoms with van der Waals surface area (Å²) < 4.78 is 37.3. The molecule has 0 fully saturated rings. The highest BCUT2D eigenvalue weighted by Gasteiger charge is 2.29. The van der Waals surface area contributed by atoms with E-state index in [2.05, 4.69) is 5.32 Å². The summed E-state index contributed by atoms with van der Waals surface area (Å²) in [6, 6.07) is 9.90. The van der Waals surface area contributed by atoms with E-state index in [4.69, 9.17) is 9.47 Å². The standard InChI is InChI=1S/C23H32N2O5S/c1-7-29-21-12-10-19(14-22(21)30-8-2)15-24-23(26)18(5)25(31(6,27)28)20-11-9-16(3)17(4)13-20/h9-14,18H,7-8,15H2,1-6H3,(H,24,26)/t18-/m1/s1. The molecule has 0 radical (unpaired) electrons. The number of nitrogens with one attached hydrogen (secondary N) is 1. The van der Waals surface area contributed by atoms with Gasteiger partial charge >= 0.3 is 0 Å². The molecule has 2 rings (SSSR count). The number of rotatable bonds is 10. The zero-order valence-corrected chi connectivity index (χ0v) is 19.9. The molecule has 0 bridgehead atoms. The summed E-state index contributed by atoms with van der Waals surface area (Å²) >= 11 is 0. The molecule has 0 heterocycles. The molecule has 0 saturated heterocycles. The first-order chi connectivity index (χ1) is 14.6. The first-order valence-corrected chi connectivity index (χ1v) is 12.2. The fourth-order valence-electron chi connectivity index (χ4n) is 3.21. The van der Waals surface area contributed by atoms with E-state index in [0.29, 0.717) is 30.4 Å². The second kappa shape index (κ2) is 10.5. The van der Waals surface area contributed by atoms with Gasteiger partial charge in [0.1, 0.15) is 6.04 Å². The van der Waals surface area contributed by atoms with Crippen molar-refractivity contribution in [2.75, 3.05) is 23.8 Å². The number of hydrogen-bond donors (Lipinski definition) is 1. The van der Waals surface area contributed by atoms with Crippen LogP contribution < -0.4 is 19.1 Å². The number of aryl methyl sites for hydroxylation is 2. The van der Waals surface area contributed by atoms with E-state index < -0.39 is 22.0 Å². The van der Waals surface area contributed by atoms with Crippen molar-refractivity contribution in [1.29, 1.82) is 0 Å². The maximum atomic E-state index is 12.8. The Morgan fingerprint density at radius 3 is 2.23 bits per heavy atom. The van der Waals surface area contributed by atoms with Crippen LogP contribution in [-0.4, -0.2) is 39.8 Å². The highest BCUT2D eigenvalue weighted by atomic mass is 32.2. The molecule has 2 aromatic carbocycles. The Labute approximate surface area is 185 Å². The van der Waals surface area contributed by atoms with Crippen LogP contribution in [0.25, 0.3) is 0 Å². The largest absolute Gasteiger partial charge is 0.490 e. The molecule has 1 N–H and O–H groups in total. The lowest BCUT2D eigenvalue weighted by molar-refractivity contribution is -0.122. The number of carbonyl (C=O) groups excluding carboxylic acids is 1. The maximum Gasteiger partial charge on any atom is 0.243 e. The summed E-state index contributed by atoms with van der Waals surface area (Å²) in [5.41, 5.74) is 3.30. The van der Waals surface area contributed by atoms with Crippen molar-refractivity contribution in [3.05, 3.63) is 53.1 Å². The van der Waals surface area contributed by atoms with Crippen molar-refractivity contribution in [2.45, 2.75) is 47.2 Å². The number of amides is 1. The summed E-state index contributed by atoms with van der Waals surface area (Å²) in [5, 5.41) is 2.83. The summed E-state index contributed by atoms with van der Waals surface area (Å²) in [4.78, 5) is 12.8. The topological polar surface area (TPSA) is 84.9 Å². The van der Waals surface area contributed by atoms with Gasteiger partial charge in [-0.3, -0.25) is 9.10 Å². The lowest BCUT2D eigenvalue weighted by Gasteiger charge is -2.28. The van der Waals surface area contributed by atoms with Crippen molar-refractivity contribution in [2.24, 2.45) is 0 Å². The maximum absolute atomic E-state index is 12.8. The van der Waals surface area contributed by atoms with Gasteiger partial charge < -0.3 is 14.8 Å². The summed E-state index contributed by atoms with van der Waals surface area (Å²) in [5.74, 6) is 0.860. The summed E-state index contributed by atoms with van der Waals surface area (Å²) in [7, 11) is -3.66. The molecule has 1 amide bonds. The van der Waals surface area contributed by atoms with Crippen LogP contribution in [0.5, 0.6) is 11.5 Å². The first-order valence-electron chi connectivity index (χ1n) is 10.3. The molecule has 0 aliphatic rings. The van der Waals surface area contributed by atoms with Gasteiger partial charge in [-0.15, -0.1) is 0 Å². The van der Waals surface area contributed by atoms with Crippen molar-refractivity contribution >= 4 is 21.6 Å². The Balaban J connectivity index is 2.19. The van der Waals surface area contributed by atoms with E-state index in [1.165, 1.54) is 0 Å². The third-order valence-corrected chi connectivity index (χ3v) is 6.15. The van der Waals surface area contributed by atoms with Crippen LogP contribution in [0.4, 0.5) is 5.69 Å². The Kier molecular flexibility index (Phi) is 8.33. The molecule has 0 saturated carbocycles. The van der Waals surface area contributed by atoms with Crippen LogP contribution in [0.15, 0.2) is 36.4 Å². The van der Waals surface area contributed by atoms with Gasteiger partial charge in [0.25, 0.3) is 0 Å². The number of carbonyl (C=O) groups is 1. The zero-order valence-electron chi connectivity index (χ0n) is 19.1. The molecule has 2 aromatic rings. The molecule has 31 heavy (non-hydrogen) atoms. The Morgan fingerprint density at radius 1 is 1.00 bits per heavy atom. The predicted octanol–water partition coefficient (Wildman–Crippen LogP) is 3.57. The van der Waals surface area contributed by atoms with Crippen LogP contribution >= 0.6 is 0 Å². The average molecular weight is 449 g/mol. The Hall–Kier alpha value is -2.74. The number of benzene rings is 2. The van der Waals surface area contributed by atoms with Gasteiger partial charge in [0.15, 0.2) is 11.5 Å². The normalized spacial score (nSPS) is 12.2. The Morgan fingerprint density at radius 2 is 1.65 bits per heavy atom. The zero-order chi connectivity index (χ0) is 23.2. The molecule has 170 valence electrons. The van der Waals surface area contributed by atoms with Crippen LogP contribution in [0.3, 0.4) is 0 Å². The van der Waals surface area contributed by atoms with Crippen LogP contribution in [0.2, 0.25) is 0 Å². The Bertz CT molecular complexity index is 1020. The van der Waals surface area contributed by atoms with Gasteiger partial charge in [-0.1, -0.05) is 12.1 Å². The lowest BCUT2D eigenvalue weighted by Crippen LogP contribution is -2.47. The van der Waals surface area contributed by atoms with Gasteiger partial charge in [-0.05, 0) is 75.6 Å². The predicted molar refractivity (Wildman–Crippen MR) is 123 cm³/mol. The summed E-state index contributed by atoms with van der Waals surface area (Å²) in [6.07, 6.45) is 1.10. The van der Waals surface area contributed by atoms with Gasteiger partial charge in [0, 0.05) is 6.54 Å². The van der Waals surface area contributed by atoms with Crippen molar-refractivity contribution in [1.82, 2.24) is 5.32 Å². The highest BCUT2D eigenvalue weighted by molar-refractivity contribution is 7.92. The molecule has 1 atom stereocenters. The minimum atomic E-state index is -3.66. The van der Waals surface area contributed by atoms with E-state index in [0.717, 1.165) is 27.3 Å². The van der Waals surface area contributed by atoms with E-state index in [9.17, 15) is 13.2 Å².